The van der Waals surface area contributed by atoms with Crippen molar-refractivity contribution in [3.05, 3.63) is 0 Å². The van der Waals surface area contributed by atoms with Crippen molar-refractivity contribution in [2.75, 3.05) is 19.8 Å². The Labute approximate surface area is 73.7 Å². The molecule has 0 aromatic carbocycles. The van der Waals surface area contributed by atoms with Crippen LogP contribution in [-0.4, -0.2) is 19.8 Å². The van der Waals surface area contributed by atoms with Crippen LogP contribution >= 0.6 is 0 Å². The van der Waals surface area contributed by atoms with E-state index in [9.17, 15) is 4.39 Å². The molecule has 2 bridgehead atoms. The Kier molecular flexibility index (Phi) is 2.64. The van der Waals surface area contributed by atoms with Crippen molar-refractivity contribution < 1.29 is 4.39 Å². The molecule has 0 saturated heterocycles. The highest BCUT2D eigenvalue weighted by atomic mass is 19.1. The van der Waals surface area contributed by atoms with E-state index < -0.39 is 0 Å². The van der Waals surface area contributed by atoms with E-state index in [2.05, 4.69) is 5.32 Å². The molecular weight excluding hydrogens is 153 g/mol. The van der Waals surface area contributed by atoms with Crippen LogP contribution in [-0.2, 0) is 0 Å². The second-order valence-corrected chi connectivity index (χ2v) is 4.33. The molecule has 2 aliphatic rings. The first-order valence-corrected chi connectivity index (χ1v) is 5.17. The van der Waals surface area contributed by atoms with Gasteiger partial charge in [-0.3, -0.25) is 0 Å². The molecule has 0 aromatic rings. The number of fused-ring (bicyclic) bond motifs is 2. The van der Waals surface area contributed by atoms with Crippen LogP contribution in [0.1, 0.15) is 25.7 Å². The van der Waals surface area contributed by atoms with Crippen molar-refractivity contribution in [1.82, 2.24) is 5.32 Å². The predicted octanol–water partition coefficient (Wildman–Crippen LogP) is 1.98. The molecule has 70 valence electrons. The molecule has 3 atom stereocenters. The van der Waals surface area contributed by atoms with Crippen molar-refractivity contribution in [2.24, 2.45) is 17.8 Å². The van der Waals surface area contributed by atoms with Gasteiger partial charge in [-0.05, 0) is 43.6 Å². The van der Waals surface area contributed by atoms with E-state index in [0.717, 1.165) is 24.3 Å². The van der Waals surface area contributed by atoms with Crippen LogP contribution in [0, 0.1) is 17.8 Å². The number of nitrogens with one attached hydrogen (secondary N) is 1. The first-order valence-electron chi connectivity index (χ1n) is 5.17. The Morgan fingerprint density at radius 2 is 2.17 bits per heavy atom. The molecule has 2 aliphatic carbocycles. The maximum Gasteiger partial charge on any atom is 0.102 e. The molecule has 2 fully saturated rings. The summed E-state index contributed by atoms with van der Waals surface area (Å²) in [5.74, 6) is 2.87. The molecule has 0 aromatic heterocycles. The number of alkyl halides is 1. The summed E-state index contributed by atoms with van der Waals surface area (Å²) >= 11 is 0. The SMILES string of the molecule is FCCNCC1CC2CCC1C2. The summed E-state index contributed by atoms with van der Waals surface area (Å²) in [5, 5.41) is 3.19. The fourth-order valence-corrected chi connectivity index (χ4v) is 2.98. The molecule has 0 heterocycles. The van der Waals surface area contributed by atoms with Crippen LogP contribution in [0.25, 0.3) is 0 Å². The molecule has 0 amide bonds. The lowest BCUT2D eigenvalue weighted by molar-refractivity contribution is 0.314. The first kappa shape index (κ1) is 8.49. The maximum absolute atomic E-state index is 11.8. The van der Waals surface area contributed by atoms with Crippen LogP contribution in [0.3, 0.4) is 0 Å². The summed E-state index contributed by atoms with van der Waals surface area (Å²) in [6.07, 6.45) is 5.77. The lowest BCUT2D eigenvalue weighted by Crippen LogP contribution is -2.27. The van der Waals surface area contributed by atoms with Gasteiger partial charge in [0.2, 0.25) is 0 Å². The van der Waals surface area contributed by atoms with Crippen molar-refractivity contribution in [3.63, 3.8) is 0 Å². The summed E-state index contributed by atoms with van der Waals surface area (Å²) in [4.78, 5) is 0. The predicted molar refractivity (Wildman–Crippen MR) is 47.8 cm³/mol. The highest BCUT2D eigenvalue weighted by molar-refractivity contribution is 4.90. The molecule has 0 aliphatic heterocycles. The molecule has 1 N–H and O–H groups in total. The van der Waals surface area contributed by atoms with Gasteiger partial charge in [-0.15, -0.1) is 0 Å². The quantitative estimate of drug-likeness (QED) is 0.638. The molecule has 1 nitrogen and oxygen atoms in total. The molecule has 0 radical (unpaired) electrons. The molecule has 2 saturated carbocycles. The molecule has 2 heteroatoms. The van der Waals surface area contributed by atoms with E-state index in [1.165, 1.54) is 25.7 Å². The summed E-state index contributed by atoms with van der Waals surface area (Å²) in [6.45, 7) is 1.39. The van der Waals surface area contributed by atoms with E-state index in [0.29, 0.717) is 6.54 Å². The van der Waals surface area contributed by atoms with Crippen molar-refractivity contribution in [2.45, 2.75) is 25.7 Å². The Bertz CT molecular complexity index is 149. The molecule has 3 unspecified atom stereocenters. The van der Waals surface area contributed by atoms with E-state index in [-0.39, 0.29) is 6.67 Å². The van der Waals surface area contributed by atoms with Gasteiger partial charge < -0.3 is 5.32 Å². The number of hydrogen-bond acceptors (Lipinski definition) is 1. The Morgan fingerprint density at radius 3 is 2.75 bits per heavy atom. The number of hydrogen-bond donors (Lipinski definition) is 1. The van der Waals surface area contributed by atoms with Gasteiger partial charge in [0, 0.05) is 6.54 Å². The zero-order valence-corrected chi connectivity index (χ0v) is 7.56. The average Bonchev–Trinajstić information content (AvgIpc) is 2.65. The maximum atomic E-state index is 11.8. The summed E-state index contributed by atoms with van der Waals surface area (Å²) in [7, 11) is 0. The van der Waals surface area contributed by atoms with Crippen molar-refractivity contribution in [1.29, 1.82) is 0 Å². The lowest BCUT2D eigenvalue weighted by atomic mass is 9.89. The minimum atomic E-state index is -0.221. The van der Waals surface area contributed by atoms with Crippen LogP contribution in [0.15, 0.2) is 0 Å². The largest absolute Gasteiger partial charge is 0.314 e. The fourth-order valence-electron chi connectivity index (χ4n) is 2.98. The minimum absolute atomic E-state index is 0.221. The topological polar surface area (TPSA) is 12.0 Å². The number of rotatable bonds is 4. The summed E-state index contributed by atoms with van der Waals surface area (Å²) in [5.41, 5.74) is 0. The Hall–Kier alpha value is -0.110. The van der Waals surface area contributed by atoms with E-state index >= 15 is 0 Å². The van der Waals surface area contributed by atoms with E-state index in [4.69, 9.17) is 0 Å². The number of halogens is 1. The fraction of sp³-hybridized carbons (Fsp3) is 1.00. The molecule has 2 rings (SSSR count). The van der Waals surface area contributed by atoms with Gasteiger partial charge in [0.15, 0.2) is 0 Å². The van der Waals surface area contributed by atoms with Crippen molar-refractivity contribution >= 4 is 0 Å². The van der Waals surface area contributed by atoms with Crippen LogP contribution in [0.5, 0.6) is 0 Å². The smallest absolute Gasteiger partial charge is 0.102 e. The first-order chi connectivity index (χ1) is 5.90. The van der Waals surface area contributed by atoms with E-state index in [1.54, 1.807) is 0 Å². The van der Waals surface area contributed by atoms with Gasteiger partial charge >= 0.3 is 0 Å². The van der Waals surface area contributed by atoms with Gasteiger partial charge in [-0.25, -0.2) is 4.39 Å². The molecule has 0 spiro atoms. The van der Waals surface area contributed by atoms with Crippen molar-refractivity contribution in [3.8, 4) is 0 Å². The lowest BCUT2D eigenvalue weighted by Gasteiger charge is -2.21. The molecule has 12 heavy (non-hydrogen) atoms. The third kappa shape index (κ3) is 1.63. The molecular formula is C10H18FN. The summed E-state index contributed by atoms with van der Waals surface area (Å²) in [6, 6.07) is 0. The second kappa shape index (κ2) is 3.73. The summed E-state index contributed by atoms with van der Waals surface area (Å²) < 4.78 is 11.8. The zero-order valence-electron chi connectivity index (χ0n) is 7.56. The van der Waals surface area contributed by atoms with Gasteiger partial charge in [0.25, 0.3) is 0 Å². The van der Waals surface area contributed by atoms with Crippen LogP contribution in [0.2, 0.25) is 0 Å². The third-order valence-corrected chi connectivity index (χ3v) is 3.56. The van der Waals surface area contributed by atoms with Crippen LogP contribution < -0.4 is 5.32 Å². The standard InChI is InChI=1S/C10H18FN/c11-3-4-12-7-10-6-8-1-2-9(10)5-8/h8-10,12H,1-7H2. The normalized spacial score (nSPS) is 39.2. The third-order valence-electron chi connectivity index (χ3n) is 3.56. The Balaban J connectivity index is 1.69. The van der Waals surface area contributed by atoms with Crippen LogP contribution in [0.4, 0.5) is 4.39 Å². The Morgan fingerprint density at radius 1 is 1.25 bits per heavy atom. The monoisotopic (exact) mass is 171 g/mol. The minimum Gasteiger partial charge on any atom is -0.314 e. The average molecular weight is 171 g/mol. The highest BCUT2D eigenvalue weighted by Gasteiger charge is 2.38. The zero-order chi connectivity index (χ0) is 8.39. The van der Waals surface area contributed by atoms with Gasteiger partial charge in [0.1, 0.15) is 6.67 Å². The van der Waals surface area contributed by atoms with E-state index in [1.807, 2.05) is 0 Å². The van der Waals surface area contributed by atoms with Gasteiger partial charge in [0.05, 0.1) is 0 Å². The van der Waals surface area contributed by atoms with Gasteiger partial charge in [-0.2, -0.15) is 0 Å². The van der Waals surface area contributed by atoms with Gasteiger partial charge in [-0.1, -0.05) is 6.42 Å². The second-order valence-electron chi connectivity index (χ2n) is 4.33. The highest BCUT2D eigenvalue weighted by Crippen LogP contribution is 2.47.